The first-order valence-electron chi connectivity index (χ1n) is 13.7. The standard InChI is InChI=1S/C24H42O19/c1-5-9(27)12(30)14(32)19(39-5)23(37)17(35)21(36)41-8(4-26)18(23)43-22-24(38,16(34)11(29)7(3-25)42-22)20-15(33)13(31)10(28)6(2)40-20/h5-22,25-38H,3-4H2,1-2H3/t5-,6-,7+,8+,9+,10+,11-,12+,13+,14-,15-,16-,17-,18+,19?,20?,21?,22-,23+,24-/m0/s1. The van der Waals surface area contributed by atoms with E-state index in [0.717, 1.165) is 0 Å². The summed E-state index contributed by atoms with van der Waals surface area (Å²) in [6, 6.07) is 0. The lowest BCUT2D eigenvalue weighted by atomic mass is 9.74. The van der Waals surface area contributed by atoms with Gasteiger partial charge in [-0.3, -0.25) is 0 Å². The van der Waals surface area contributed by atoms with Crippen LogP contribution in [0.2, 0.25) is 0 Å². The van der Waals surface area contributed by atoms with Gasteiger partial charge in [-0.1, -0.05) is 0 Å². The Balaban J connectivity index is 1.81. The van der Waals surface area contributed by atoms with Gasteiger partial charge in [0.05, 0.1) is 25.4 Å². The van der Waals surface area contributed by atoms with Crippen molar-refractivity contribution in [1.82, 2.24) is 0 Å². The first kappa shape index (κ1) is 35.1. The van der Waals surface area contributed by atoms with Gasteiger partial charge in [-0.25, -0.2) is 0 Å². The zero-order valence-corrected chi connectivity index (χ0v) is 23.1. The third-order valence-corrected chi connectivity index (χ3v) is 8.95. The molecule has 19 heteroatoms. The van der Waals surface area contributed by atoms with Crippen LogP contribution in [-0.4, -0.2) is 206 Å². The molecule has 4 rings (SSSR count). The van der Waals surface area contributed by atoms with E-state index in [-0.39, 0.29) is 0 Å². The molecule has 0 aromatic heterocycles. The number of aliphatic hydroxyl groups excluding tert-OH is 12. The second-order valence-corrected chi connectivity index (χ2v) is 11.6. The third kappa shape index (κ3) is 5.52. The Morgan fingerprint density at radius 1 is 0.535 bits per heavy atom. The molecule has 252 valence electrons. The largest absolute Gasteiger partial charge is 0.394 e. The Morgan fingerprint density at radius 3 is 1.47 bits per heavy atom. The van der Waals surface area contributed by atoms with Crippen molar-refractivity contribution in [2.75, 3.05) is 13.2 Å². The smallest absolute Gasteiger partial charge is 0.192 e. The highest BCUT2D eigenvalue weighted by molar-refractivity contribution is 5.15. The quantitative estimate of drug-likeness (QED) is 0.129. The summed E-state index contributed by atoms with van der Waals surface area (Å²) in [5, 5.41) is 149. The highest BCUT2D eigenvalue weighted by Gasteiger charge is 2.69. The van der Waals surface area contributed by atoms with E-state index in [1.807, 2.05) is 0 Å². The van der Waals surface area contributed by atoms with Crippen LogP contribution in [0.1, 0.15) is 13.8 Å². The molecule has 0 aromatic carbocycles. The number of rotatable bonds is 6. The summed E-state index contributed by atoms with van der Waals surface area (Å²) in [5.41, 5.74) is -6.22. The molecule has 0 radical (unpaired) electrons. The van der Waals surface area contributed by atoms with Crippen molar-refractivity contribution < 1.29 is 95.2 Å². The fourth-order valence-corrected chi connectivity index (χ4v) is 6.24. The molecule has 43 heavy (non-hydrogen) atoms. The Labute approximate surface area is 244 Å². The Morgan fingerprint density at radius 2 is 1.00 bits per heavy atom. The van der Waals surface area contributed by atoms with Gasteiger partial charge in [0.15, 0.2) is 23.8 Å². The zero-order chi connectivity index (χ0) is 32.3. The molecule has 4 aliphatic heterocycles. The van der Waals surface area contributed by atoms with E-state index in [2.05, 4.69) is 0 Å². The maximum Gasteiger partial charge on any atom is 0.192 e. The van der Waals surface area contributed by atoms with Crippen LogP contribution in [-0.2, 0) is 23.7 Å². The summed E-state index contributed by atoms with van der Waals surface area (Å²) in [6.45, 7) is 0.394. The van der Waals surface area contributed by atoms with Gasteiger partial charge in [-0.15, -0.1) is 0 Å². The van der Waals surface area contributed by atoms with Gasteiger partial charge in [-0.05, 0) is 13.8 Å². The second kappa shape index (κ2) is 12.8. The lowest BCUT2D eigenvalue weighted by Gasteiger charge is -2.58. The summed E-state index contributed by atoms with van der Waals surface area (Å²) in [5.74, 6) is 0. The van der Waals surface area contributed by atoms with E-state index in [1.54, 1.807) is 0 Å². The normalized spacial score (nSPS) is 58.3. The molecule has 3 unspecified atom stereocenters. The minimum atomic E-state index is -3.13. The summed E-state index contributed by atoms with van der Waals surface area (Å²) in [6.07, 6.45) is -35.9. The number of hydrogen-bond acceptors (Lipinski definition) is 19. The highest BCUT2D eigenvalue weighted by Crippen LogP contribution is 2.45. The van der Waals surface area contributed by atoms with Crippen LogP contribution in [0.15, 0.2) is 0 Å². The van der Waals surface area contributed by atoms with Crippen LogP contribution in [0.4, 0.5) is 0 Å². The van der Waals surface area contributed by atoms with Gasteiger partial charge in [0.1, 0.15) is 85.5 Å². The van der Waals surface area contributed by atoms with Crippen molar-refractivity contribution in [3.8, 4) is 0 Å². The van der Waals surface area contributed by atoms with Gasteiger partial charge in [-0.2, -0.15) is 0 Å². The SMILES string of the molecule is C[C@@H]1OC([C@]2(O)[C@H](O[C@@H]3O[C@H](CO)[C@H](O)[C@H](O)[C@]3(O)C3O[C@@H](C)[C@@H](O)[C@@H](O)[C@@H]3O)[C@@H](CO)OC(O)[C@@H]2O)[C@@H](O)[C@H](O)[C@@H]1O. The highest BCUT2D eigenvalue weighted by atomic mass is 16.7. The molecule has 19 nitrogen and oxygen atoms in total. The third-order valence-electron chi connectivity index (χ3n) is 8.95. The van der Waals surface area contributed by atoms with E-state index in [0.29, 0.717) is 0 Å². The van der Waals surface area contributed by atoms with Crippen LogP contribution in [0.5, 0.6) is 0 Å². The van der Waals surface area contributed by atoms with Crippen molar-refractivity contribution >= 4 is 0 Å². The van der Waals surface area contributed by atoms with E-state index >= 15 is 0 Å². The second-order valence-electron chi connectivity index (χ2n) is 11.6. The average molecular weight is 635 g/mol. The van der Waals surface area contributed by atoms with Crippen molar-refractivity contribution in [2.24, 2.45) is 0 Å². The van der Waals surface area contributed by atoms with Crippen molar-refractivity contribution in [1.29, 1.82) is 0 Å². The summed E-state index contributed by atoms with van der Waals surface area (Å²) >= 11 is 0. The molecule has 4 heterocycles. The van der Waals surface area contributed by atoms with Crippen molar-refractivity contribution in [2.45, 2.75) is 135 Å². The molecule has 4 saturated heterocycles. The summed E-state index contributed by atoms with van der Waals surface area (Å²) in [7, 11) is 0. The summed E-state index contributed by atoms with van der Waals surface area (Å²) < 4.78 is 27.4. The van der Waals surface area contributed by atoms with Gasteiger partial charge in [0, 0.05) is 0 Å². The number of ether oxygens (including phenoxy) is 5. The van der Waals surface area contributed by atoms with Gasteiger partial charge in [0.25, 0.3) is 0 Å². The zero-order valence-electron chi connectivity index (χ0n) is 23.1. The molecule has 0 bridgehead atoms. The Bertz CT molecular complexity index is 946. The van der Waals surface area contributed by atoms with Crippen LogP contribution >= 0.6 is 0 Å². The molecule has 20 atom stereocenters. The van der Waals surface area contributed by atoms with E-state index in [1.165, 1.54) is 13.8 Å². The molecule has 0 aliphatic carbocycles. The molecule has 0 amide bonds. The molecular formula is C24H42O19. The maximum absolute atomic E-state index is 12.0. The van der Waals surface area contributed by atoms with E-state index in [9.17, 15) is 71.5 Å². The molecular weight excluding hydrogens is 592 g/mol. The van der Waals surface area contributed by atoms with Gasteiger partial charge in [0.2, 0.25) is 0 Å². The predicted molar refractivity (Wildman–Crippen MR) is 131 cm³/mol. The van der Waals surface area contributed by atoms with Crippen LogP contribution in [0.25, 0.3) is 0 Å². The predicted octanol–water partition coefficient (Wildman–Crippen LogP) is -8.92. The minimum Gasteiger partial charge on any atom is -0.394 e. The lowest BCUT2D eigenvalue weighted by Crippen LogP contribution is -2.80. The fraction of sp³-hybridized carbons (Fsp3) is 1.00. The molecule has 0 spiro atoms. The monoisotopic (exact) mass is 634 g/mol. The molecule has 4 aliphatic rings. The van der Waals surface area contributed by atoms with Crippen molar-refractivity contribution in [3.63, 3.8) is 0 Å². The number of hydrogen-bond donors (Lipinski definition) is 14. The van der Waals surface area contributed by atoms with Crippen LogP contribution in [0, 0.1) is 0 Å². The van der Waals surface area contributed by atoms with Gasteiger partial charge < -0.3 is 95.2 Å². The Hall–Kier alpha value is -0.760. The van der Waals surface area contributed by atoms with Gasteiger partial charge >= 0.3 is 0 Å². The molecule has 4 fully saturated rings. The minimum absolute atomic E-state index is 0.998. The first-order valence-corrected chi connectivity index (χ1v) is 13.7. The van der Waals surface area contributed by atoms with Crippen molar-refractivity contribution in [3.05, 3.63) is 0 Å². The molecule has 0 aromatic rings. The first-order chi connectivity index (χ1) is 20.0. The fourth-order valence-electron chi connectivity index (χ4n) is 6.24. The van der Waals surface area contributed by atoms with E-state index in [4.69, 9.17) is 23.7 Å². The number of aliphatic hydroxyl groups is 14. The van der Waals surface area contributed by atoms with Crippen LogP contribution in [0.3, 0.4) is 0 Å². The molecule has 14 N–H and O–H groups in total. The lowest BCUT2D eigenvalue weighted by molar-refractivity contribution is -0.426. The topological polar surface area (TPSA) is 329 Å². The average Bonchev–Trinajstić information content (AvgIpc) is 2.98. The van der Waals surface area contributed by atoms with Crippen LogP contribution < -0.4 is 0 Å². The maximum atomic E-state index is 12.0. The summed E-state index contributed by atoms with van der Waals surface area (Å²) in [4.78, 5) is 0. The van der Waals surface area contributed by atoms with E-state index < -0.39 is 135 Å². The molecule has 0 saturated carbocycles. The Kier molecular flexibility index (Phi) is 10.4.